The number of nitrogens with zero attached hydrogens (tertiary/aromatic N) is 2. The van der Waals surface area contributed by atoms with Gasteiger partial charge in [-0.2, -0.15) is 0 Å². The Morgan fingerprint density at radius 1 is 0.942 bits per heavy atom. The second kappa shape index (κ2) is 19.8. The molecule has 2 aromatic carbocycles. The first-order chi connectivity index (χ1) is 24.7. The van der Waals surface area contributed by atoms with Crippen LogP contribution in [-0.4, -0.2) is 83.1 Å². The summed E-state index contributed by atoms with van der Waals surface area (Å²) in [6.45, 7) is 7.30. The van der Waals surface area contributed by atoms with Crippen LogP contribution in [0.1, 0.15) is 70.7 Å². The number of benzene rings is 2. The Labute approximate surface area is 304 Å². The van der Waals surface area contributed by atoms with Crippen molar-refractivity contribution in [1.29, 1.82) is 0 Å². The highest BCUT2D eigenvalue weighted by atomic mass is 19.1. The molecule has 52 heavy (non-hydrogen) atoms. The van der Waals surface area contributed by atoms with Gasteiger partial charge in [0.2, 0.25) is 23.6 Å². The summed E-state index contributed by atoms with van der Waals surface area (Å²) in [6.07, 6.45) is 3.56. The molecule has 3 aromatic rings. The van der Waals surface area contributed by atoms with Crippen LogP contribution in [0.25, 0.3) is 11.1 Å². The summed E-state index contributed by atoms with van der Waals surface area (Å²) in [6, 6.07) is 12.1. The maximum Gasteiger partial charge on any atom is 0.248 e. The number of aromatic nitrogens is 1. The van der Waals surface area contributed by atoms with Gasteiger partial charge in [-0.05, 0) is 67.5 Å². The molecule has 1 heterocycles. The zero-order chi connectivity index (χ0) is 38.4. The molecule has 1 aromatic heterocycles. The molecule has 0 saturated heterocycles. The lowest BCUT2D eigenvalue weighted by molar-refractivity contribution is -0.140. The molecule has 0 aliphatic rings. The van der Waals surface area contributed by atoms with Crippen molar-refractivity contribution in [1.82, 2.24) is 25.4 Å². The molecule has 284 valence electrons. The molecule has 0 radical (unpaired) electrons. The first-order valence-corrected chi connectivity index (χ1v) is 17.5. The highest BCUT2D eigenvalue weighted by Gasteiger charge is 2.37. The average molecular weight is 726 g/mol. The summed E-state index contributed by atoms with van der Waals surface area (Å²) < 4.78 is 31.2. The second-order valence-corrected chi connectivity index (χ2v) is 13.9. The van der Waals surface area contributed by atoms with Gasteiger partial charge in [0.1, 0.15) is 24.3 Å². The third-order valence-electron chi connectivity index (χ3n) is 8.61. The minimum atomic E-state index is -1.04. The number of hydrogen-bond acceptors (Lipinski definition) is 7. The van der Waals surface area contributed by atoms with Crippen LogP contribution in [-0.2, 0) is 25.7 Å². The van der Waals surface area contributed by atoms with Crippen LogP contribution >= 0.6 is 0 Å². The minimum Gasteiger partial charge on any atom is -0.387 e. The van der Waals surface area contributed by atoms with E-state index in [2.05, 4.69) is 16.0 Å². The topological polar surface area (TPSA) is 185 Å². The van der Waals surface area contributed by atoms with E-state index in [1.807, 2.05) is 55.7 Å². The lowest BCUT2D eigenvalue weighted by Crippen LogP contribution is -2.49. The lowest BCUT2D eigenvalue weighted by Gasteiger charge is -2.41. The number of nitrogens with two attached hydrogens (primary N) is 2. The standard InChI is InChI=1S/C38H53F2N7O5/c1-25(49)45-32(12-8-9-16-41)37(52)44-18-17-43-36(51)31(42)15-19-47(34(50)24-48)35(38(2,3)4)33-20-27(29-21-28(39)13-14-30(29)40)23-46(33)22-26-10-6-5-7-11-26/h5-7,10-11,13-14,20-21,23,31-32,35,48H,8-9,12,15-19,22,24,41-42H2,1-4H3,(H,43,51)(H,44,52)(H,45,49)/t31-,32?,35-/m0/s1. The number of aliphatic hydroxyl groups excluding tert-OH is 1. The van der Waals surface area contributed by atoms with Gasteiger partial charge in [0.05, 0.1) is 12.1 Å². The van der Waals surface area contributed by atoms with Gasteiger partial charge < -0.3 is 42.0 Å². The quantitative estimate of drug-likeness (QED) is 0.103. The third-order valence-corrected chi connectivity index (χ3v) is 8.61. The molecule has 3 atom stereocenters. The summed E-state index contributed by atoms with van der Waals surface area (Å²) in [5.74, 6) is -3.01. The van der Waals surface area contributed by atoms with Crippen LogP contribution in [0.3, 0.4) is 0 Å². The number of aliphatic hydroxyl groups is 1. The van der Waals surface area contributed by atoms with Gasteiger partial charge in [-0.1, -0.05) is 51.1 Å². The van der Waals surface area contributed by atoms with Gasteiger partial charge in [-0.15, -0.1) is 0 Å². The first kappa shape index (κ1) is 41.8. The molecule has 0 bridgehead atoms. The average Bonchev–Trinajstić information content (AvgIpc) is 3.50. The summed E-state index contributed by atoms with van der Waals surface area (Å²) in [7, 11) is 0. The van der Waals surface area contributed by atoms with Crippen molar-refractivity contribution in [3.05, 3.63) is 83.7 Å². The Balaban J connectivity index is 1.79. The summed E-state index contributed by atoms with van der Waals surface area (Å²) in [4.78, 5) is 52.1. The van der Waals surface area contributed by atoms with Crippen LogP contribution in [0.5, 0.6) is 0 Å². The Morgan fingerprint density at radius 3 is 2.23 bits per heavy atom. The van der Waals surface area contributed by atoms with E-state index in [0.29, 0.717) is 43.6 Å². The molecule has 3 rings (SSSR count). The molecule has 0 spiro atoms. The molecule has 0 fully saturated rings. The lowest BCUT2D eigenvalue weighted by atomic mass is 9.82. The predicted molar refractivity (Wildman–Crippen MR) is 195 cm³/mol. The highest BCUT2D eigenvalue weighted by Crippen LogP contribution is 2.41. The zero-order valence-corrected chi connectivity index (χ0v) is 30.5. The SMILES string of the molecule is CC(=O)NC(CCCCN)C(=O)NCCNC(=O)[C@@H](N)CCN(C(=O)CO)[C@@H](c1cc(-c2cc(F)ccc2F)cn1Cc1ccccc1)C(C)(C)C. The Bertz CT molecular complexity index is 1640. The number of unbranched alkanes of at least 4 members (excludes halogenated alkanes) is 1. The Kier molecular flexibility index (Phi) is 15.9. The monoisotopic (exact) mass is 725 g/mol. The summed E-state index contributed by atoms with van der Waals surface area (Å²) >= 11 is 0. The van der Waals surface area contributed by atoms with Gasteiger partial charge >= 0.3 is 0 Å². The van der Waals surface area contributed by atoms with E-state index < -0.39 is 53.6 Å². The molecular weight excluding hydrogens is 672 g/mol. The fourth-order valence-electron chi connectivity index (χ4n) is 6.14. The molecule has 14 heteroatoms. The van der Waals surface area contributed by atoms with E-state index in [9.17, 15) is 28.7 Å². The van der Waals surface area contributed by atoms with Gasteiger partial charge in [-0.25, -0.2) is 8.78 Å². The maximum absolute atomic E-state index is 15.0. The summed E-state index contributed by atoms with van der Waals surface area (Å²) in [5.41, 5.74) is 13.2. The van der Waals surface area contributed by atoms with Gasteiger partial charge in [0.25, 0.3) is 0 Å². The van der Waals surface area contributed by atoms with Crippen molar-refractivity contribution >= 4 is 23.6 Å². The van der Waals surface area contributed by atoms with Crippen molar-refractivity contribution in [3.8, 4) is 11.1 Å². The number of hydrogen-bond donors (Lipinski definition) is 6. The molecule has 0 aliphatic carbocycles. The van der Waals surface area contributed by atoms with E-state index in [1.165, 1.54) is 11.8 Å². The maximum atomic E-state index is 15.0. The van der Waals surface area contributed by atoms with Crippen molar-refractivity contribution in [2.75, 3.05) is 32.8 Å². The number of carbonyl (C=O) groups is 4. The van der Waals surface area contributed by atoms with Crippen LogP contribution in [0.2, 0.25) is 0 Å². The van der Waals surface area contributed by atoms with Gasteiger partial charge in [-0.3, -0.25) is 19.2 Å². The van der Waals surface area contributed by atoms with E-state index in [4.69, 9.17) is 11.5 Å². The number of halogens is 2. The summed E-state index contributed by atoms with van der Waals surface area (Å²) in [5, 5.41) is 18.1. The van der Waals surface area contributed by atoms with E-state index in [1.54, 1.807) is 12.3 Å². The molecule has 1 unspecified atom stereocenters. The first-order valence-electron chi connectivity index (χ1n) is 17.5. The molecule has 0 aliphatic heterocycles. The van der Waals surface area contributed by atoms with E-state index in [0.717, 1.165) is 23.8 Å². The van der Waals surface area contributed by atoms with Gasteiger partial charge in [0.15, 0.2) is 0 Å². The van der Waals surface area contributed by atoms with E-state index in [-0.39, 0.29) is 43.4 Å². The predicted octanol–water partition coefficient (Wildman–Crippen LogP) is 2.97. The molecule has 0 saturated carbocycles. The van der Waals surface area contributed by atoms with Crippen LogP contribution in [0, 0.1) is 17.0 Å². The van der Waals surface area contributed by atoms with Crippen molar-refractivity contribution in [2.24, 2.45) is 16.9 Å². The molecular formula is C38H53F2N7O5. The fourth-order valence-corrected chi connectivity index (χ4v) is 6.14. The third kappa shape index (κ3) is 12.2. The van der Waals surface area contributed by atoms with Crippen LogP contribution < -0.4 is 27.4 Å². The smallest absolute Gasteiger partial charge is 0.248 e. The van der Waals surface area contributed by atoms with Crippen molar-refractivity contribution in [3.63, 3.8) is 0 Å². The van der Waals surface area contributed by atoms with E-state index >= 15 is 4.39 Å². The van der Waals surface area contributed by atoms with Crippen molar-refractivity contribution in [2.45, 2.75) is 78.0 Å². The molecule has 4 amide bonds. The van der Waals surface area contributed by atoms with Crippen molar-refractivity contribution < 1.29 is 33.1 Å². The van der Waals surface area contributed by atoms with Crippen LogP contribution in [0.15, 0.2) is 60.8 Å². The molecule has 8 N–H and O–H groups in total. The van der Waals surface area contributed by atoms with Gasteiger partial charge in [0, 0.05) is 56.1 Å². The zero-order valence-electron chi connectivity index (χ0n) is 30.5. The Hall–Kier alpha value is -4.66. The Morgan fingerprint density at radius 2 is 1.62 bits per heavy atom. The normalized spacial score (nSPS) is 13.2. The number of nitrogens with one attached hydrogen (secondary N) is 3. The number of carbonyl (C=O) groups excluding carboxylic acids is 4. The van der Waals surface area contributed by atoms with Crippen LogP contribution in [0.4, 0.5) is 8.78 Å². The fraction of sp³-hybridized carbons (Fsp3) is 0.474. The number of rotatable bonds is 19. The second-order valence-electron chi connectivity index (χ2n) is 13.9. The largest absolute Gasteiger partial charge is 0.387 e. The highest BCUT2D eigenvalue weighted by molar-refractivity contribution is 5.87. The molecule has 12 nitrogen and oxygen atoms in total. The number of amides is 4. The minimum absolute atomic E-state index is 0.00593.